The van der Waals surface area contributed by atoms with Crippen LogP contribution in [0.15, 0.2) is 52.5 Å². The van der Waals surface area contributed by atoms with E-state index in [2.05, 4.69) is 21.2 Å². The van der Waals surface area contributed by atoms with E-state index in [9.17, 15) is 18.8 Å². The van der Waals surface area contributed by atoms with Gasteiger partial charge in [0.2, 0.25) is 0 Å². The second-order valence-electron chi connectivity index (χ2n) is 6.75. The van der Waals surface area contributed by atoms with Crippen molar-refractivity contribution in [3.8, 4) is 0 Å². The van der Waals surface area contributed by atoms with E-state index < -0.39 is 23.7 Å². The van der Waals surface area contributed by atoms with Gasteiger partial charge in [0, 0.05) is 17.6 Å². The monoisotopic (exact) mass is 473 g/mol. The minimum Gasteiger partial charge on any atom is -0.378 e. The normalized spacial score (nSPS) is 18.7. The van der Waals surface area contributed by atoms with E-state index in [0.29, 0.717) is 47.7 Å². The van der Waals surface area contributed by atoms with Gasteiger partial charge < -0.3 is 9.64 Å². The molecule has 4 rings (SSSR count). The second kappa shape index (κ2) is 8.37. The zero-order valence-electron chi connectivity index (χ0n) is 15.7. The summed E-state index contributed by atoms with van der Waals surface area (Å²) in [5.74, 6) is -2.07. The molecule has 0 bridgehead atoms. The van der Waals surface area contributed by atoms with Gasteiger partial charge in [0.15, 0.2) is 0 Å². The van der Waals surface area contributed by atoms with Gasteiger partial charge in [0.25, 0.3) is 11.8 Å². The first-order chi connectivity index (χ1) is 14.4. The molecular weight excluding hydrogens is 457 g/mol. The van der Waals surface area contributed by atoms with Gasteiger partial charge in [-0.05, 0) is 42.0 Å². The summed E-state index contributed by atoms with van der Waals surface area (Å²) in [5, 5.41) is 2.15. The third-order valence-corrected chi connectivity index (χ3v) is 5.30. The molecule has 2 aliphatic rings. The van der Waals surface area contributed by atoms with E-state index in [4.69, 9.17) is 4.74 Å². The fraction of sp³-hybridized carbons (Fsp3) is 0.190. The van der Waals surface area contributed by atoms with Crippen LogP contribution in [0.1, 0.15) is 5.56 Å². The SMILES string of the molecule is O=C1NC(=O)N(c2cccc(Br)c2)C(=O)/C1=C/c1ccc(N2CCOCC2)c(F)c1. The van der Waals surface area contributed by atoms with Crippen LogP contribution < -0.4 is 15.1 Å². The van der Waals surface area contributed by atoms with Crippen LogP contribution in [0, 0.1) is 5.82 Å². The molecule has 0 atom stereocenters. The highest BCUT2D eigenvalue weighted by atomic mass is 79.9. The number of ether oxygens (including phenoxy) is 1. The molecule has 2 aromatic rings. The topological polar surface area (TPSA) is 79.0 Å². The first-order valence-corrected chi connectivity index (χ1v) is 10.0. The minimum absolute atomic E-state index is 0.256. The Balaban J connectivity index is 1.65. The Labute approximate surface area is 180 Å². The van der Waals surface area contributed by atoms with E-state index in [1.165, 1.54) is 12.1 Å². The van der Waals surface area contributed by atoms with Crippen LogP contribution >= 0.6 is 15.9 Å². The highest BCUT2D eigenvalue weighted by Crippen LogP contribution is 2.26. The molecule has 9 heteroatoms. The fourth-order valence-corrected chi connectivity index (χ4v) is 3.73. The summed E-state index contributed by atoms with van der Waals surface area (Å²) in [5.41, 5.74) is 0.824. The van der Waals surface area contributed by atoms with Gasteiger partial charge in [0.1, 0.15) is 11.4 Å². The molecule has 0 radical (unpaired) electrons. The van der Waals surface area contributed by atoms with Crippen LogP contribution in [0.3, 0.4) is 0 Å². The first-order valence-electron chi connectivity index (χ1n) is 9.23. The maximum atomic E-state index is 14.7. The number of carbonyl (C=O) groups is 3. The van der Waals surface area contributed by atoms with Crippen molar-refractivity contribution < 1.29 is 23.5 Å². The Morgan fingerprint density at radius 1 is 1.07 bits per heavy atom. The number of hydrogen-bond acceptors (Lipinski definition) is 5. The average Bonchev–Trinajstić information content (AvgIpc) is 2.72. The molecule has 2 aromatic carbocycles. The summed E-state index contributed by atoms with van der Waals surface area (Å²) < 4.78 is 20.6. The molecule has 0 unspecified atom stereocenters. The fourth-order valence-electron chi connectivity index (χ4n) is 3.35. The number of benzene rings is 2. The maximum Gasteiger partial charge on any atom is 0.335 e. The quantitative estimate of drug-likeness (QED) is 0.547. The van der Waals surface area contributed by atoms with Crippen molar-refractivity contribution in [2.75, 3.05) is 36.1 Å². The molecule has 2 fully saturated rings. The van der Waals surface area contributed by atoms with E-state index in [0.717, 1.165) is 4.90 Å². The van der Waals surface area contributed by atoms with Crippen molar-refractivity contribution in [2.45, 2.75) is 0 Å². The number of anilines is 2. The lowest BCUT2D eigenvalue weighted by Crippen LogP contribution is -2.54. The molecule has 7 nitrogen and oxygen atoms in total. The predicted octanol–water partition coefficient (Wildman–Crippen LogP) is 3.09. The molecule has 0 aromatic heterocycles. The summed E-state index contributed by atoms with van der Waals surface area (Å²) in [4.78, 5) is 40.2. The molecule has 2 aliphatic heterocycles. The van der Waals surface area contributed by atoms with E-state index >= 15 is 0 Å². The smallest absolute Gasteiger partial charge is 0.335 e. The summed E-state index contributed by atoms with van der Waals surface area (Å²) in [6, 6.07) is 10.2. The lowest BCUT2D eigenvalue weighted by Gasteiger charge is -2.29. The summed E-state index contributed by atoms with van der Waals surface area (Å²) in [6.45, 7) is 2.22. The summed E-state index contributed by atoms with van der Waals surface area (Å²) in [6.07, 6.45) is 1.28. The molecule has 154 valence electrons. The summed E-state index contributed by atoms with van der Waals surface area (Å²) >= 11 is 3.29. The molecule has 0 spiro atoms. The second-order valence-corrected chi connectivity index (χ2v) is 7.66. The third kappa shape index (κ3) is 3.99. The number of amides is 4. The highest BCUT2D eigenvalue weighted by molar-refractivity contribution is 9.10. The van der Waals surface area contributed by atoms with Gasteiger partial charge in [0.05, 0.1) is 24.6 Å². The molecule has 4 amide bonds. The molecule has 30 heavy (non-hydrogen) atoms. The lowest BCUT2D eigenvalue weighted by molar-refractivity contribution is -0.122. The number of carbonyl (C=O) groups excluding carboxylic acids is 3. The van der Waals surface area contributed by atoms with Gasteiger partial charge in [-0.2, -0.15) is 0 Å². The minimum atomic E-state index is -0.839. The Hall–Kier alpha value is -3.04. The lowest BCUT2D eigenvalue weighted by atomic mass is 10.1. The average molecular weight is 474 g/mol. The third-order valence-electron chi connectivity index (χ3n) is 4.80. The Kier molecular flexibility index (Phi) is 5.65. The van der Waals surface area contributed by atoms with E-state index in [1.807, 2.05) is 4.90 Å². The number of barbiturate groups is 1. The molecular formula is C21H17BrFN3O4. The van der Waals surface area contributed by atoms with Gasteiger partial charge in [-0.15, -0.1) is 0 Å². The zero-order chi connectivity index (χ0) is 21.3. The van der Waals surface area contributed by atoms with Crippen LogP contribution in [0.2, 0.25) is 0 Å². The molecule has 2 saturated heterocycles. The Bertz CT molecular complexity index is 1070. The van der Waals surface area contributed by atoms with Crippen LogP contribution in [0.4, 0.5) is 20.6 Å². The number of imide groups is 2. The number of halogens is 2. The largest absolute Gasteiger partial charge is 0.378 e. The van der Waals surface area contributed by atoms with E-state index in [-0.39, 0.29) is 5.57 Å². The molecule has 2 heterocycles. The highest BCUT2D eigenvalue weighted by Gasteiger charge is 2.36. The number of rotatable bonds is 3. The van der Waals surface area contributed by atoms with Crippen molar-refractivity contribution in [1.29, 1.82) is 0 Å². The molecule has 0 saturated carbocycles. The molecule has 0 aliphatic carbocycles. The van der Waals surface area contributed by atoms with Gasteiger partial charge >= 0.3 is 6.03 Å². The number of nitrogens with zero attached hydrogens (tertiary/aromatic N) is 2. The van der Waals surface area contributed by atoms with Gasteiger partial charge in [-0.25, -0.2) is 14.1 Å². The zero-order valence-corrected chi connectivity index (χ0v) is 17.3. The van der Waals surface area contributed by atoms with Crippen molar-refractivity contribution in [1.82, 2.24) is 5.32 Å². The standard InChI is InChI=1S/C21H17BrFN3O4/c22-14-2-1-3-15(12-14)26-20(28)16(19(27)24-21(26)29)10-13-4-5-18(17(23)11-13)25-6-8-30-9-7-25/h1-5,10-12H,6-9H2,(H,24,27,29)/b16-10+. The number of nitrogens with one attached hydrogen (secondary N) is 1. The van der Waals surface area contributed by atoms with Crippen molar-refractivity contribution in [3.05, 3.63) is 63.9 Å². The number of urea groups is 1. The van der Waals surface area contributed by atoms with Crippen LogP contribution in [-0.4, -0.2) is 44.1 Å². The van der Waals surface area contributed by atoms with Crippen molar-refractivity contribution in [2.24, 2.45) is 0 Å². The predicted molar refractivity (Wildman–Crippen MR) is 113 cm³/mol. The number of morpholine rings is 1. The first kappa shape index (κ1) is 20.2. The van der Waals surface area contributed by atoms with Crippen LogP contribution in [0.5, 0.6) is 0 Å². The van der Waals surface area contributed by atoms with Crippen LogP contribution in [-0.2, 0) is 14.3 Å². The maximum absolute atomic E-state index is 14.7. The summed E-state index contributed by atoms with van der Waals surface area (Å²) in [7, 11) is 0. The Morgan fingerprint density at radius 3 is 2.53 bits per heavy atom. The van der Waals surface area contributed by atoms with Crippen molar-refractivity contribution in [3.63, 3.8) is 0 Å². The van der Waals surface area contributed by atoms with Crippen molar-refractivity contribution >= 4 is 51.2 Å². The van der Waals surface area contributed by atoms with Gasteiger partial charge in [-0.1, -0.05) is 28.1 Å². The number of hydrogen-bond donors (Lipinski definition) is 1. The Morgan fingerprint density at radius 2 is 1.83 bits per heavy atom. The molecule has 1 N–H and O–H groups in total. The van der Waals surface area contributed by atoms with Gasteiger partial charge in [-0.3, -0.25) is 14.9 Å². The van der Waals surface area contributed by atoms with E-state index in [1.54, 1.807) is 36.4 Å². The van der Waals surface area contributed by atoms with Crippen LogP contribution in [0.25, 0.3) is 6.08 Å².